The summed E-state index contributed by atoms with van der Waals surface area (Å²) in [6.45, 7) is 1.67. The first-order valence-electron chi connectivity index (χ1n) is 5.88. The number of amides is 1. The second-order valence-electron chi connectivity index (χ2n) is 4.23. The van der Waals surface area contributed by atoms with E-state index in [9.17, 15) is 9.18 Å². The van der Waals surface area contributed by atoms with Crippen molar-refractivity contribution in [2.24, 2.45) is 0 Å². The molecule has 2 rings (SSSR count). The van der Waals surface area contributed by atoms with E-state index in [-0.39, 0.29) is 11.5 Å². The van der Waals surface area contributed by atoms with Gasteiger partial charge in [-0.1, -0.05) is 0 Å². The number of pyridine rings is 1. The van der Waals surface area contributed by atoms with E-state index in [0.29, 0.717) is 12.6 Å². The van der Waals surface area contributed by atoms with E-state index in [2.05, 4.69) is 15.6 Å². The third-order valence-electron chi connectivity index (χ3n) is 2.91. The molecule has 0 spiro atoms. The maximum Gasteiger partial charge on any atom is 0.252 e. The number of carbonyl (C=O) groups excluding carboxylic acids is 1. The van der Waals surface area contributed by atoms with E-state index < -0.39 is 5.82 Å². The van der Waals surface area contributed by atoms with Crippen molar-refractivity contribution in [2.75, 3.05) is 13.1 Å². The monoisotopic (exact) mass is 237 g/mol. The normalized spacial score (nSPS) is 19.2. The predicted octanol–water partition coefficient (Wildman–Crippen LogP) is 1.09. The summed E-state index contributed by atoms with van der Waals surface area (Å²) in [6.07, 6.45) is 5.73. The van der Waals surface area contributed by atoms with Crippen molar-refractivity contribution < 1.29 is 9.18 Å². The molecule has 2 heterocycles. The summed E-state index contributed by atoms with van der Waals surface area (Å²) in [7, 11) is 0. The quantitative estimate of drug-likeness (QED) is 0.824. The van der Waals surface area contributed by atoms with Crippen molar-refractivity contribution in [1.29, 1.82) is 0 Å². The van der Waals surface area contributed by atoms with Crippen LogP contribution in [0.25, 0.3) is 0 Å². The van der Waals surface area contributed by atoms with Crippen LogP contribution in [0.5, 0.6) is 0 Å². The summed E-state index contributed by atoms with van der Waals surface area (Å²) in [6, 6.07) is 1.69. The van der Waals surface area contributed by atoms with Gasteiger partial charge in [-0.3, -0.25) is 9.78 Å². The maximum atomic E-state index is 12.8. The Morgan fingerprint density at radius 1 is 1.59 bits per heavy atom. The number of aromatic nitrogens is 1. The highest BCUT2D eigenvalue weighted by Crippen LogP contribution is 2.07. The lowest BCUT2D eigenvalue weighted by Gasteiger charge is -2.10. The SMILES string of the molecule is O=C(NCC[C@H]1CCCN1)c1cncc(F)c1. The molecule has 1 aromatic rings. The number of nitrogens with zero attached hydrogens (tertiary/aromatic N) is 1. The lowest BCUT2D eigenvalue weighted by atomic mass is 10.1. The fraction of sp³-hybridized carbons (Fsp3) is 0.500. The zero-order valence-electron chi connectivity index (χ0n) is 9.58. The standard InChI is InChI=1S/C12H16FN3O/c13-10-6-9(7-14-8-10)12(17)16-5-3-11-2-1-4-15-11/h6-8,11,15H,1-5H2,(H,16,17)/t11-/m1/s1. The second kappa shape index (κ2) is 5.72. The van der Waals surface area contributed by atoms with Crippen LogP contribution in [0.3, 0.4) is 0 Å². The van der Waals surface area contributed by atoms with Gasteiger partial charge in [0.05, 0.1) is 11.8 Å². The van der Waals surface area contributed by atoms with Crippen LogP contribution in [0.1, 0.15) is 29.6 Å². The molecule has 1 fully saturated rings. The Bertz CT molecular complexity index is 391. The van der Waals surface area contributed by atoms with E-state index in [4.69, 9.17) is 0 Å². The van der Waals surface area contributed by atoms with Crippen LogP contribution in [0.2, 0.25) is 0 Å². The van der Waals surface area contributed by atoms with Crippen LogP contribution >= 0.6 is 0 Å². The fourth-order valence-corrected chi connectivity index (χ4v) is 2.00. The smallest absolute Gasteiger partial charge is 0.252 e. The van der Waals surface area contributed by atoms with Gasteiger partial charge in [0.2, 0.25) is 0 Å². The van der Waals surface area contributed by atoms with Crippen molar-refractivity contribution in [1.82, 2.24) is 15.6 Å². The van der Waals surface area contributed by atoms with E-state index in [1.165, 1.54) is 18.7 Å². The van der Waals surface area contributed by atoms with Crippen molar-refractivity contribution >= 4 is 5.91 Å². The van der Waals surface area contributed by atoms with Gasteiger partial charge >= 0.3 is 0 Å². The molecule has 0 aromatic carbocycles. The van der Waals surface area contributed by atoms with Gasteiger partial charge in [0.25, 0.3) is 5.91 Å². The molecule has 1 amide bonds. The second-order valence-corrected chi connectivity index (χ2v) is 4.23. The first kappa shape index (κ1) is 12.0. The maximum absolute atomic E-state index is 12.8. The molecule has 2 N–H and O–H groups in total. The summed E-state index contributed by atoms with van der Waals surface area (Å²) in [5.41, 5.74) is 0.268. The molecule has 1 saturated heterocycles. The molecular formula is C12H16FN3O. The molecule has 1 aliphatic rings. The highest BCUT2D eigenvalue weighted by Gasteiger charge is 2.14. The zero-order valence-corrected chi connectivity index (χ0v) is 9.58. The molecule has 0 bridgehead atoms. The summed E-state index contributed by atoms with van der Waals surface area (Å²) in [5, 5.41) is 6.12. The Labute approximate surface area is 99.6 Å². The summed E-state index contributed by atoms with van der Waals surface area (Å²) in [5.74, 6) is -0.759. The first-order valence-corrected chi connectivity index (χ1v) is 5.88. The Kier molecular flexibility index (Phi) is 4.03. The zero-order chi connectivity index (χ0) is 12.1. The fourth-order valence-electron chi connectivity index (χ4n) is 2.00. The molecule has 0 aliphatic carbocycles. The molecule has 17 heavy (non-hydrogen) atoms. The van der Waals surface area contributed by atoms with E-state index >= 15 is 0 Å². The van der Waals surface area contributed by atoms with Crippen LogP contribution in [0, 0.1) is 5.82 Å². The number of nitrogens with one attached hydrogen (secondary N) is 2. The Balaban J connectivity index is 1.77. The predicted molar refractivity (Wildman–Crippen MR) is 62.2 cm³/mol. The highest BCUT2D eigenvalue weighted by atomic mass is 19.1. The van der Waals surface area contributed by atoms with Crippen LogP contribution in [0.4, 0.5) is 4.39 Å². The lowest BCUT2D eigenvalue weighted by Crippen LogP contribution is -2.30. The summed E-state index contributed by atoms with van der Waals surface area (Å²) >= 11 is 0. The lowest BCUT2D eigenvalue weighted by molar-refractivity contribution is 0.0951. The van der Waals surface area contributed by atoms with Gasteiger partial charge in [-0.2, -0.15) is 0 Å². The minimum Gasteiger partial charge on any atom is -0.352 e. The number of halogens is 1. The van der Waals surface area contributed by atoms with E-state index in [1.54, 1.807) is 0 Å². The molecule has 1 aliphatic heterocycles. The van der Waals surface area contributed by atoms with Gasteiger partial charge in [-0.25, -0.2) is 4.39 Å². The van der Waals surface area contributed by atoms with Gasteiger partial charge in [-0.15, -0.1) is 0 Å². The molecule has 4 nitrogen and oxygen atoms in total. The van der Waals surface area contributed by atoms with Crippen molar-refractivity contribution in [3.63, 3.8) is 0 Å². The van der Waals surface area contributed by atoms with Gasteiger partial charge in [0.1, 0.15) is 5.82 Å². The summed E-state index contributed by atoms with van der Waals surface area (Å²) in [4.78, 5) is 15.3. The van der Waals surface area contributed by atoms with Crippen LogP contribution in [-0.2, 0) is 0 Å². The van der Waals surface area contributed by atoms with Gasteiger partial charge in [0, 0.05) is 18.8 Å². The Morgan fingerprint density at radius 3 is 3.18 bits per heavy atom. The number of rotatable bonds is 4. The average Bonchev–Trinajstić information content (AvgIpc) is 2.82. The number of hydrogen-bond acceptors (Lipinski definition) is 3. The molecule has 1 atom stereocenters. The van der Waals surface area contributed by atoms with Crippen LogP contribution < -0.4 is 10.6 Å². The van der Waals surface area contributed by atoms with Gasteiger partial charge in [-0.05, 0) is 31.9 Å². The van der Waals surface area contributed by atoms with Gasteiger partial charge in [0.15, 0.2) is 0 Å². The minimum absolute atomic E-state index is 0.268. The number of carbonyl (C=O) groups is 1. The molecule has 0 saturated carbocycles. The molecule has 0 radical (unpaired) electrons. The van der Waals surface area contributed by atoms with Crippen LogP contribution in [0.15, 0.2) is 18.5 Å². The molecule has 1 aromatic heterocycles. The Morgan fingerprint density at radius 2 is 2.47 bits per heavy atom. The first-order chi connectivity index (χ1) is 8.25. The third-order valence-corrected chi connectivity index (χ3v) is 2.91. The third kappa shape index (κ3) is 3.49. The molecule has 5 heteroatoms. The van der Waals surface area contributed by atoms with Crippen molar-refractivity contribution in [3.8, 4) is 0 Å². The van der Waals surface area contributed by atoms with Crippen molar-refractivity contribution in [3.05, 3.63) is 29.8 Å². The topological polar surface area (TPSA) is 54.0 Å². The van der Waals surface area contributed by atoms with E-state index in [0.717, 1.165) is 25.6 Å². The highest BCUT2D eigenvalue weighted by molar-refractivity contribution is 5.93. The molecular weight excluding hydrogens is 221 g/mol. The number of hydrogen-bond donors (Lipinski definition) is 2. The van der Waals surface area contributed by atoms with Gasteiger partial charge < -0.3 is 10.6 Å². The minimum atomic E-state index is -0.491. The Hall–Kier alpha value is -1.49. The largest absolute Gasteiger partial charge is 0.352 e. The van der Waals surface area contributed by atoms with Crippen molar-refractivity contribution in [2.45, 2.75) is 25.3 Å². The summed E-state index contributed by atoms with van der Waals surface area (Å²) < 4.78 is 12.8. The van der Waals surface area contributed by atoms with E-state index in [1.807, 2.05) is 0 Å². The average molecular weight is 237 g/mol. The molecule has 92 valence electrons. The van der Waals surface area contributed by atoms with Crippen LogP contribution in [-0.4, -0.2) is 30.0 Å². The molecule has 0 unspecified atom stereocenters.